The summed E-state index contributed by atoms with van der Waals surface area (Å²) in [7, 11) is 0. The predicted molar refractivity (Wildman–Crippen MR) is 141 cm³/mol. The van der Waals surface area contributed by atoms with Gasteiger partial charge in [-0.3, -0.25) is 4.90 Å². The number of allylic oxidation sites excluding steroid dienone is 1. The molecule has 2 N–H and O–H groups in total. The van der Waals surface area contributed by atoms with Gasteiger partial charge in [0.05, 0.1) is 5.57 Å². The number of phenols is 2. The van der Waals surface area contributed by atoms with E-state index < -0.39 is 17.9 Å². The highest BCUT2D eigenvalue weighted by molar-refractivity contribution is 5.98. The van der Waals surface area contributed by atoms with Crippen molar-refractivity contribution in [3.63, 3.8) is 0 Å². The van der Waals surface area contributed by atoms with Crippen molar-refractivity contribution in [1.82, 2.24) is 4.90 Å². The Hall–Kier alpha value is -3.65. The molecule has 0 saturated carbocycles. The van der Waals surface area contributed by atoms with Gasteiger partial charge in [0.1, 0.15) is 29.6 Å². The lowest BCUT2D eigenvalue weighted by Gasteiger charge is -2.33. The number of aromatic hydroxyl groups is 2. The molecule has 3 aromatic rings. The molecule has 3 aromatic carbocycles. The third-order valence-electron chi connectivity index (χ3n) is 6.41. The maximum atomic E-state index is 14.6. The molecule has 1 aliphatic rings. The van der Waals surface area contributed by atoms with Gasteiger partial charge in [0.2, 0.25) is 0 Å². The number of fused-ring (bicyclic) bond motifs is 1. The van der Waals surface area contributed by atoms with Crippen molar-refractivity contribution in [1.29, 1.82) is 0 Å². The SMILES string of the molecule is CCCN(CCC)CCOc1ccc(C2Oc3cc(O)ccc3C(C(F)(F)F)=C2c2ccc(O)cc2)cc1. The molecule has 1 unspecified atom stereocenters. The van der Waals surface area contributed by atoms with Crippen molar-refractivity contribution in [2.24, 2.45) is 0 Å². The van der Waals surface area contributed by atoms with Gasteiger partial charge in [-0.25, -0.2) is 0 Å². The van der Waals surface area contributed by atoms with Gasteiger partial charge in [-0.15, -0.1) is 0 Å². The Labute approximate surface area is 220 Å². The zero-order chi connectivity index (χ0) is 27.3. The van der Waals surface area contributed by atoms with Gasteiger partial charge in [0, 0.05) is 23.7 Å². The fourth-order valence-electron chi connectivity index (χ4n) is 4.75. The Morgan fingerprint density at radius 1 is 0.842 bits per heavy atom. The summed E-state index contributed by atoms with van der Waals surface area (Å²) < 4.78 is 55.7. The highest BCUT2D eigenvalue weighted by Gasteiger charge is 2.44. The lowest BCUT2D eigenvalue weighted by atomic mass is 9.85. The van der Waals surface area contributed by atoms with Crippen LogP contribution in [-0.4, -0.2) is 47.5 Å². The van der Waals surface area contributed by atoms with E-state index in [9.17, 15) is 23.4 Å². The first kappa shape index (κ1) is 27.4. The molecule has 38 heavy (non-hydrogen) atoms. The third-order valence-corrected chi connectivity index (χ3v) is 6.41. The summed E-state index contributed by atoms with van der Waals surface area (Å²) in [6.45, 7) is 7.57. The van der Waals surface area contributed by atoms with Crippen LogP contribution in [0, 0.1) is 0 Å². The van der Waals surface area contributed by atoms with E-state index in [0.717, 1.165) is 32.5 Å². The number of phenolic OH excluding ortho intramolecular Hbond substituents is 2. The highest BCUT2D eigenvalue weighted by Crippen LogP contribution is 2.53. The molecule has 0 spiro atoms. The van der Waals surface area contributed by atoms with Crippen molar-refractivity contribution in [3.05, 3.63) is 83.4 Å². The van der Waals surface area contributed by atoms with Crippen LogP contribution in [-0.2, 0) is 0 Å². The molecule has 202 valence electrons. The molecule has 0 aromatic heterocycles. The molecular weight excluding hydrogens is 495 g/mol. The minimum absolute atomic E-state index is 0.0561. The van der Waals surface area contributed by atoms with Crippen molar-refractivity contribution >= 4 is 11.1 Å². The predicted octanol–water partition coefficient (Wildman–Crippen LogP) is 7.21. The average molecular weight is 528 g/mol. The first-order valence-electron chi connectivity index (χ1n) is 12.8. The van der Waals surface area contributed by atoms with E-state index >= 15 is 0 Å². The van der Waals surface area contributed by atoms with Crippen LogP contribution < -0.4 is 9.47 Å². The van der Waals surface area contributed by atoms with Crippen LogP contribution in [0.1, 0.15) is 49.5 Å². The Balaban J connectivity index is 1.68. The van der Waals surface area contributed by atoms with Crippen molar-refractivity contribution < 1.29 is 32.9 Å². The van der Waals surface area contributed by atoms with E-state index in [1.807, 2.05) is 0 Å². The molecule has 0 aliphatic carbocycles. The second kappa shape index (κ2) is 11.8. The molecule has 1 heterocycles. The summed E-state index contributed by atoms with van der Waals surface area (Å²) in [6, 6.07) is 16.0. The summed E-state index contributed by atoms with van der Waals surface area (Å²) in [6.07, 6.45) is -3.68. The Morgan fingerprint density at radius 3 is 2.08 bits per heavy atom. The van der Waals surface area contributed by atoms with Gasteiger partial charge in [-0.1, -0.05) is 38.1 Å². The van der Waals surface area contributed by atoms with Crippen molar-refractivity contribution in [2.75, 3.05) is 26.2 Å². The van der Waals surface area contributed by atoms with Gasteiger partial charge < -0.3 is 19.7 Å². The zero-order valence-corrected chi connectivity index (χ0v) is 21.5. The second-order valence-corrected chi connectivity index (χ2v) is 9.27. The molecule has 4 rings (SSSR count). The summed E-state index contributed by atoms with van der Waals surface area (Å²) in [5.41, 5.74) is -0.306. The third kappa shape index (κ3) is 6.25. The van der Waals surface area contributed by atoms with Crippen LogP contribution in [0.2, 0.25) is 0 Å². The van der Waals surface area contributed by atoms with E-state index in [1.54, 1.807) is 24.3 Å². The van der Waals surface area contributed by atoms with Crippen molar-refractivity contribution in [2.45, 2.75) is 39.0 Å². The van der Waals surface area contributed by atoms with Crippen molar-refractivity contribution in [3.8, 4) is 23.0 Å². The number of halogens is 3. The summed E-state index contributed by atoms with van der Waals surface area (Å²) in [5.74, 6) is 0.305. The molecular formula is C30H32F3NO4. The molecule has 0 amide bonds. The van der Waals surface area contributed by atoms with Gasteiger partial charge in [0.25, 0.3) is 0 Å². The molecule has 0 fully saturated rings. The highest BCUT2D eigenvalue weighted by atomic mass is 19.4. The van der Waals surface area contributed by atoms with Crippen LogP contribution in [0.15, 0.2) is 66.7 Å². The number of rotatable bonds is 10. The van der Waals surface area contributed by atoms with E-state index in [-0.39, 0.29) is 33.9 Å². The number of hydrogen-bond donors (Lipinski definition) is 2. The van der Waals surface area contributed by atoms with Crippen LogP contribution in [0.25, 0.3) is 11.1 Å². The van der Waals surface area contributed by atoms with Crippen LogP contribution in [0.5, 0.6) is 23.0 Å². The Kier molecular flexibility index (Phi) is 8.52. The average Bonchev–Trinajstić information content (AvgIpc) is 2.88. The molecule has 0 saturated heterocycles. The smallest absolute Gasteiger partial charge is 0.417 e. The van der Waals surface area contributed by atoms with E-state index in [1.165, 1.54) is 42.5 Å². The molecule has 0 bridgehead atoms. The maximum Gasteiger partial charge on any atom is 0.417 e. The maximum absolute atomic E-state index is 14.6. The van der Waals surface area contributed by atoms with E-state index in [0.29, 0.717) is 17.9 Å². The fraction of sp³-hybridized carbons (Fsp3) is 0.333. The van der Waals surface area contributed by atoms with Crippen LogP contribution >= 0.6 is 0 Å². The monoisotopic (exact) mass is 527 g/mol. The summed E-state index contributed by atoms with van der Waals surface area (Å²) in [5, 5.41) is 19.7. The molecule has 1 atom stereocenters. The minimum Gasteiger partial charge on any atom is -0.508 e. The summed E-state index contributed by atoms with van der Waals surface area (Å²) >= 11 is 0. The number of benzene rings is 3. The largest absolute Gasteiger partial charge is 0.508 e. The normalized spacial score (nSPS) is 15.4. The van der Waals surface area contributed by atoms with Gasteiger partial charge >= 0.3 is 6.18 Å². The zero-order valence-electron chi connectivity index (χ0n) is 21.5. The van der Waals surface area contributed by atoms with Crippen LogP contribution in [0.3, 0.4) is 0 Å². The quantitative estimate of drug-likeness (QED) is 0.292. The lowest BCUT2D eigenvalue weighted by molar-refractivity contribution is -0.0695. The topological polar surface area (TPSA) is 62.2 Å². The standard InChI is InChI=1S/C30H32F3NO4/c1-3-15-34(16-4-2)17-18-37-24-12-7-21(8-13-24)29-27(20-5-9-22(35)10-6-20)28(30(31,32)33)25-14-11-23(36)19-26(25)38-29/h5-14,19,29,35-36H,3-4,15-18H2,1-2H3. The first-order valence-corrected chi connectivity index (χ1v) is 12.8. The second-order valence-electron chi connectivity index (χ2n) is 9.27. The molecule has 0 radical (unpaired) electrons. The van der Waals surface area contributed by atoms with E-state index in [2.05, 4.69) is 18.7 Å². The molecule has 1 aliphatic heterocycles. The number of ether oxygens (including phenoxy) is 2. The summed E-state index contributed by atoms with van der Waals surface area (Å²) in [4.78, 5) is 2.34. The lowest BCUT2D eigenvalue weighted by Crippen LogP contribution is -2.30. The minimum atomic E-state index is -4.70. The van der Waals surface area contributed by atoms with Gasteiger partial charge in [-0.05, 0) is 73.5 Å². The van der Waals surface area contributed by atoms with Gasteiger partial charge in [0.15, 0.2) is 6.10 Å². The van der Waals surface area contributed by atoms with Gasteiger partial charge in [-0.2, -0.15) is 13.2 Å². The first-order chi connectivity index (χ1) is 18.2. The fourth-order valence-corrected chi connectivity index (χ4v) is 4.75. The Bertz CT molecular complexity index is 1250. The molecule has 5 nitrogen and oxygen atoms in total. The number of alkyl halides is 3. The number of nitrogens with zero attached hydrogens (tertiary/aromatic N) is 1. The van der Waals surface area contributed by atoms with E-state index in [4.69, 9.17) is 9.47 Å². The number of hydrogen-bond acceptors (Lipinski definition) is 5. The van der Waals surface area contributed by atoms with Crippen LogP contribution in [0.4, 0.5) is 13.2 Å². The Morgan fingerprint density at radius 2 is 1.47 bits per heavy atom. The molecule has 8 heteroatoms.